The Morgan fingerprint density at radius 1 is 0.907 bits per heavy atom. The van der Waals surface area contributed by atoms with E-state index in [9.17, 15) is 24.0 Å². The van der Waals surface area contributed by atoms with Crippen LogP contribution in [0.15, 0.2) is 43.0 Å². The lowest BCUT2D eigenvalue weighted by Crippen LogP contribution is -2.64. The zero-order chi connectivity index (χ0) is 38.0. The molecule has 5 atom stereocenters. The first kappa shape index (κ1) is 38.5. The van der Waals surface area contributed by atoms with E-state index < -0.39 is 35.7 Å². The molecule has 4 bridgehead atoms. The third-order valence-electron chi connectivity index (χ3n) is 14.1. The molecule has 1 saturated heterocycles. The zero-order valence-electron chi connectivity index (χ0n) is 32.4. The van der Waals surface area contributed by atoms with Gasteiger partial charge in [-0.25, -0.2) is 4.79 Å². The van der Waals surface area contributed by atoms with Gasteiger partial charge in [0.15, 0.2) is 0 Å². The van der Waals surface area contributed by atoms with E-state index in [0.717, 1.165) is 56.9 Å². The lowest BCUT2D eigenvalue weighted by atomic mass is 9.53. The van der Waals surface area contributed by atoms with Gasteiger partial charge in [-0.2, -0.15) is 0 Å². The Kier molecular flexibility index (Phi) is 11.5. The van der Waals surface area contributed by atoms with Gasteiger partial charge in [0.05, 0.1) is 6.04 Å². The Bertz CT molecular complexity index is 1540. The van der Waals surface area contributed by atoms with Crippen molar-refractivity contribution in [3.63, 3.8) is 0 Å². The average molecular weight is 743 g/mol. The number of ketones is 1. The van der Waals surface area contributed by atoms with E-state index in [1.807, 2.05) is 30.3 Å². The number of piperidine rings is 1. The maximum atomic E-state index is 14.8. The van der Waals surface area contributed by atoms with Crippen molar-refractivity contribution in [2.24, 2.45) is 40.9 Å². The number of amides is 5. The molecule has 1 unspecified atom stereocenters. The highest BCUT2D eigenvalue weighted by molar-refractivity contribution is 6.38. The molecule has 8 rings (SSSR count). The Labute approximate surface area is 321 Å². The van der Waals surface area contributed by atoms with Crippen LogP contribution in [0.5, 0.6) is 0 Å². The number of hydrogen-bond donors (Lipinski definition) is 5. The molecule has 6 aliphatic carbocycles. The molecule has 0 aromatic heterocycles. The smallest absolute Gasteiger partial charge is 0.315 e. The Hall–Kier alpha value is -3.73. The van der Waals surface area contributed by atoms with Gasteiger partial charge >= 0.3 is 6.03 Å². The van der Waals surface area contributed by atoms with Crippen LogP contribution < -0.4 is 26.6 Å². The number of nitrogens with zero attached hydrogens (tertiary/aromatic N) is 1. The minimum Gasteiger partial charge on any atom is -0.348 e. The zero-order valence-corrected chi connectivity index (χ0v) is 32.4. The van der Waals surface area contributed by atoms with E-state index in [4.69, 9.17) is 0 Å². The first-order valence-electron chi connectivity index (χ1n) is 20.8. The van der Waals surface area contributed by atoms with Crippen molar-refractivity contribution in [1.29, 1.82) is 0 Å². The molecule has 294 valence electrons. The van der Waals surface area contributed by atoms with Gasteiger partial charge in [0.2, 0.25) is 17.6 Å². The molecule has 7 aliphatic rings. The third-order valence-corrected chi connectivity index (χ3v) is 14.1. The van der Waals surface area contributed by atoms with Crippen LogP contribution in [-0.4, -0.2) is 77.7 Å². The number of carbonyl (C=O) groups is 5. The normalized spacial score (nSPS) is 31.5. The molecule has 1 heterocycles. The summed E-state index contributed by atoms with van der Waals surface area (Å²) >= 11 is 0. The fourth-order valence-corrected chi connectivity index (χ4v) is 11.7. The average Bonchev–Trinajstić information content (AvgIpc) is 3.44. The maximum Gasteiger partial charge on any atom is 0.315 e. The minimum atomic E-state index is -1.05. The largest absolute Gasteiger partial charge is 0.348 e. The van der Waals surface area contributed by atoms with Crippen molar-refractivity contribution in [3.8, 4) is 0 Å². The molecule has 0 radical (unpaired) electrons. The Morgan fingerprint density at radius 3 is 2.22 bits per heavy atom. The van der Waals surface area contributed by atoms with Gasteiger partial charge in [-0.05, 0) is 111 Å². The molecule has 1 aromatic rings. The molecule has 6 saturated carbocycles. The summed E-state index contributed by atoms with van der Waals surface area (Å²) in [4.78, 5) is 71.2. The van der Waals surface area contributed by atoms with Crippen molar-refractivity contribution in [2.75, 3.05) is 19.6 Å². The van der Waals surface area contributed by atoms with Gasteiger partial charge in [0.1, 0.15) is 12.1 Å². The van der Waals surface area contributed by atoms with E-state index in [0.29, 0.717) is 43.8 Å². The predicted molar refractivity (Wildman–Crippen MR) is 207 cm³/mol. The van der Waals surface area contributed by atoms with Crippen LogP contribution in [0.4, 0.5) is 4.79 Å². The molecule has 5 N–H and O–H groups in total. The van der Waals surface area contributed by atoms with Crippen molar-refractivity contribution < 1.29 is 24.0 Å². The second-order valence-corrected chi connectivity index (χ2v) is 18.3. The highest BCUT2D eigenvalue weighted by Gasteiger charge is 2.70. The number of likely N-dealkylation sites (tertiary alicyclic amines) is 1. The van der Waals surface area contributed by atoms with E-state index in [-0.39, 0.29) is 53.6 Å². The van der Waals surface area contributed by atoms with E-state index in [2.05, 4.69) is 47.0 Å². The van der Waals surface area contributed by atoms with Gasteiger partial charge in [-0.15, -0.1) is 6.58 Å². The van der Waals surface area contributed by atoms with Crippen LogP contribution in [0.25, 0.3) is 0 Å². The summed E-state index contributed by atoms with van der Waals surface area (Å²) < 4.78 is 0. The number of hydrogen-bond acceptors (Lipinski definition) is 6. The van der Waals surface area contributed by atoms with Crippen molar-refractivity contribution in [3.05, 3.63) is 48.6 Å². The summed E-state index contributed by atoms with van der Waals surface area (Å²) in [6, 6.07) is 7.08. The summed E-state index contributed by atoms with van der Waals surface area (Å²) in [7, 11) is 0. The Balaban J connectivity index is 1.01. The summed E-state index contributed by atoms with van der Waals surface area (Å²) in [6.07, 6.45) is 14.1. The lowest BCUT2D eigenvalue weighted by molar-refractivity contribution is -0.144. The SMILES string of the molecule is C=CCCC(NC(=O)[C@@H]1[C@@H]2[C@H](CN1C(=O)[C@@H](NC(=O)NC13CC4CC(CC(C4)C1)C3)C1CCCCC1)C2(C)C)C(=O)C(=O)NCCNCc1ccccc1. The van der Waals surface area contributed by atoms with Crippen LogP contribution >= 0.6 is 0 Å². The van der Waals surface area contributed by atoms with Crippen molar-refractivity contribution >= 4 is 29.5 Å². The maximum absolute atomic E-state index is 14.8. The molecule has 0 spiro atoms. The highest BCUT2D eigenvalue weighted by atomic mass is 16.2. The Morgan fingerprint density at radius 2 is 1.57 bits per heavy atom. The molecular formula is C43H62N6O5. The van der Waals surface area contributed by atoms with Crippen LogP contribution in [0.3, 0.4) is 0 Å². The quantitative estimate of drug-likeness (QED) is 0.0950. The number of allylic oxidation sites excluding steroid dienone is 1. The molecule has 11 heteroatoms. The molecule has 1 aliphatic heterocycles. The third kappa shape index (κ3) is 8.26. The van der Waals surface area contributed by atoms with Crippen LogP contribution in [0.1, 0.15) is 103 Å². The standard InChI is InChI=1S/C43H62N6O5/c1-4-5-16-33(37(50)39(52)45-18-17-44-25-27-12-8-6-9-13-27)46-38(51)36-34-32(42(34,2)3)26-49(36)40(53)35(31-14-10-7-11-15-31)47-41(54)48-43-22-28-19-29(23-43)21-30(20-28)24-43/h4,6,8-9,12-13,28-36,44H,1,5,7,10-11,14-26H2,2-3H3,(H,45,52)(H,46,51)(H2,47,48,54)/t28?,29?,30?,32-,33?,34-,35-,36-,43?/m0/s1. The van der Waals surface area contributed by atoms with E-state index in [1.54, 1.807) is 11.0 Å². The van der Waals surface area contributed by atoms with Crippen molar-refractivity contribution in [1.82, 2.24) is 31.5 Å². The molecule has 7 fully saturated rings. The van der Waals surface area contributed by atoms with Gasteiger partial charge < -0.3 is 31.5 Å². The highest BCUT2D eigenvalue weighted by Crippen LogP contribution is 2.65. The van der Waals surface area contributed by atoms with Crippen molar-refractivity contribution in [2.45, 2.75) is 128 Å². The van der Waals surface area contributed by atoms with Gasteiger partial charge in [-0.1, -0.05) is 69.5 Å². The fourth-order valence-electron chi connectivity index (χ4n) is 11.7. The van der Waals surface area contributed by atoms with Crippen LogP contribution in [-0.2, 0) is 25.7 Å². The lowest BCUT2D eigenvalue weighted by Gasteiger charge is -2.56. The number of carbonyl (C=O) groups excluding carboxylic acids is 5. The van der Waals surface area contributed by atoms with Gasteiger partial charge in [0.25, 0.3) is 5.91 Å². The van der Waals surface area contributed by atoms with E-state index in [1.165, 1.54) is 19.3 Å². The summed E-state index contributed by atoms with van der Waals surface area (Å²) in [5.74, 6) is 0.0227. The summed E-state index contributed by atoms with van der Waals surface area (Å²) in [6.45, 7) is 9.84. The molecular weight excluding hydrogens is 681 g/mol. The minimum absolute atomic E-state index is 0.00481. The molecule has 5 amide bonds. The van der Waals surface area contributed by atoms with Crippen LogP contribution in [0, 0.1) is 40.9 Å². The number of fused-ring (bicyclic) bond motifs is 1. The second-order valence-electron chi connectivity index (χ2n) is 18.3. The van der Waals surface area contributed by atoms with Crippen LogP contribution in [0.2, 0.25) is 0 Å². The summed E-state index contributed by atoms with van der Waals surface area (Å²) in [5, 5.41) is 15.5. The first-order chi connectivity index (χ1) is 26.0. The first-order valence-corrected chi connectivity index (χ1v) is 20.8. The van der Waals surface area contributed by atoms with E-state index >= 15 is 0 Å². The number of urea groups is 1. The predicted octanol–water partition coefficient (Wildman–Crippen LogP) is 4.61. The number of Topliss-reactive ketones (excluding diaryl/α,β-unsaturated/α-hetero) is 1. The molecule has 1 aromatic carbocycles. The number of benzene rings is 1. The molecule has 54 heavy (non-hydrogen) atoms. The number of nitrogens with one attached hydrogen (secondary N) is 5. The second kappa shape index (κ2) is 16.2. The summed E-state index contributed by atoms with van der Waals surface area (Å²) in [5.41, 5.74) is 0.792. The molecule has 11 nitrogen and oxygen atoms in total. The van der Waals surface area contributed by atoms with Gasteiger partial charge in [-0.3, -0.25) is 19.2 Å². The van der Waals surface area contributed by atoms with Gasteiger partial charge in [0, 0.05) is 31.7 Å². The number of rotatable bonds is 16. The monoisotopic (exact) mass is 742 g/mol. The topological polar surface area (TPSA) is 149 Å². The fraction of sp³-hybridized carbons (Fsp3) is 0.698.